The van der Waals surface area contributed by atoms with Crippen molar-refractivity contribution in [1.82, 2.24) is 10.6 Å². The van der Waals surface area contributed by atoms with Gasteiger partial charge in [-0.3, -0.25) is 9.98 Å². The average molecular weight is 486 g/mol. The van der Waals surface area contributed by atoms with E-state index in [1.54, 1.807) is 26.1 Å². The van der Waals surface area contributed by atoms with E-state index in [0.717, 1.165) is 54.0 Å². The minimum Gasteiger partial charge on any atom is -0.370 e. The first-order valence-corrected chi connectivity index (χ1v) is 12.3. The molecule has 0 fully saturated rings. The van der Waals surface area contributed by atoms with Gasteiger partial charge in [-0.25, -0.2) is 9.38 Å². The molecule has 1 heterocycles. The van der Waals surface area contributed by atoms with Crippen LogP contribution in [0, 0.1) is 0 Å². The molecule has 0 aromatic heterocycles. The molecule has 0 bridgehead atoms. The summed E-state index contributed by atoms with van der Waals surface area (Å²) in [6.45, 7) is 14.1. The van der Waals surface area contributed by atoms with E-state index in [9.17, 15) is 4.39 Å². The minimum atomic E-state index is -1.41. The van der Waals surface area contributed by atoms with Crippen LogP contribution in [0.25, 0.3) is 0 Å². The van der Waals surface area contributed by atoms with Crippen molar-refractivity contribution in [2.45, 2.75) is 65.1 Å². The summed E-state index contributed by atoms with van der Waals surface area (Å²) in [5.74, 6) is 1.54. The molecule has 0 saturated carbocycles. The topological polar surface area (TPSA) is 61.1 Å². The predicted molar refractivity (Wildman–Crippen MR) is 145 cm³/mol. The van der Waals surface area contributed by atoms with Gasteiger partial charge in [0.15, 0.2) is 0 Å². The van der Waals surface area contributed by atoms with Crippen LogP contribution in [0.15, 0.2) is 74.6 Å². The van der Waals surface area contributed by atoms with Crippen LogP contribution in [0.3, 0.4) is 0 Å². The Kier molecular flexibility index (Phi) is 11.2. The van der Waals surface area contributed by atoms with Crippen molar-refractivity contribution in [3.63, 3.8) is 0 Å². The van der Waals surface area contributed by atoms with E-state index in [1.165, 1.54) is 0 Å². The van der Waals surface area contributed by atoms with Crippen LogP contribution in [0.4, 0.5) is 4.39 Å². The van der Waals surface area contributed by atoms with E-state index in [1.807, 2.05) is 31.2 Å². The molecule has 0 radical (unpaired) electrons. The van der Waals surface area contributed by atoms with Crippen LogP contribution in [-0.2, 0) is 12.2 Å². The summed E-state index contributed by atoms with van der Waals surface area (Å²) in [6, 6.07) is 7.68. The van der Waals surface area contributed by atoms with E-state index in [4.69, 9.17) is 16.6 Å². The third-order valence-electron chi connectivity index (χ3n) is 5.68. The zero-order valence-electron chi connectivity index (χ0n) is 20.6. The molecule has 0 spiro atoms. The Morgan fingerprint density at radius 3 is 2.71 bits per heavy atom. The number of aliphatic imine (C=N–C) groups is 3. The lowest BCUT2D eigenvalue weighted by Crippen LogP contribution is -2.25. The Hall–Kier alpha value is -2.73. The highest BCUT2D eigenvalue weighted by Crippen LogP contribution is 2.26. The highest BCUT2D eigenvalue weighted by molar-refractivity contribution is 6.19. The number of allylic oxidation sites excluding steroid dienone is 3. The maximum Gasteiger partial charge on any atom is 0.130 e. The van der Waals surface area contributed by atoms with Crippen LogP contribution in [0.1, 0.15) is 64.0 Å². The third kappa shape index (κ3) is 8.24. The van der Waals surface area contributed by atoms with Crippen molar-refractivity contribution in [2.24, 2.45) is 15.0 Å². The molecular weight excluding hydrogens is 449 g/mol. The number of nitrogens with zero attached hydrogens (tertiary/aromatic N) is 3. The van der Waals surface area contributed by atoms with Crippen molar-refractivity contribution in [3.8, 4) is 0 Å². The molecule has 1 aliphatic heterocycles. The number of halogens is 2. The molecule has 2 rings (SSSR count). The lowest BCUT2D eigenvalue weighted by atomic mass is 9.98. The molecular formula is C27H37ClFN5. The summed E-state index contributed by atoms with van der Waals surface area (Å²) in [5, 5.41) is 6.64. The van der Waals surface area contributed by atoms with Crippen LogP contribution in [-0.4, -0.2) is 31.3 Å². The molecule has 0 saturated heterocycles. The summed E-state index contributed by atoms with van der Waals surface area (Å²) in [7, 11) is 0. The van der Waals surface area contributed by atoms with Crippen molar-refractivity contribution in [2.75, 3.05) is 12.5 Å². The van der Waals surface area contributed by atoms with Crippen molar-refractivity contribution < 1.29 is 4.39 Å². The second kappa shape index (κ2) is 13.9. The maximum absolute atomic E-state index is 14.4. The Morgan fingerprint density at radius 2 is 2.06 bits per heavy atom. The zero-order valence-corrected chi connectivity index (χ0v) is 21.4. The Bertz CT molecular complexity index is 969. The average Bonchev–Trinajstić information content (AvgIpc) is 2.85. The quantitative estimate of drug-likeness (QED) is 0.189. The van der Waals surface area contributed by atoms with Gasteiger partial charge in [-0.2, -0.15) is 0 Å². The van der Waals surface area contributed by atoms with E-state index in [-0.39, 0.29) is 6.00 Å². The van der Waals surface area contributed by atoms with Crippen LogP contribution in [0.2, 0.25) is 0 Å². The van der Waals surface area contributed by atoms with Crippen LogP contribution in [0.5, 0.6) is 0 Å². The first kappa shape index (κ1) is 27.5. The molecule has 184 valence electrons. The fraction of sp³-hybridized carbons (Fsp3) is 0.444. The van der Waals surface area contributed by atoms with Crippen LogP contribution >= 0.6 is 11.6 Å². The van der Waals surface area contributed by atoms with Crippen molar-refractivity contribution >= 4 is 30.4 Å². The summed E-state index contributed by atoms with van der Waals surface area (Å²) >= 11 is 6.09. The largest absolute Gasteiger partial charge is 0.370 e. The van der Waals surface area contributed by atoms with Gasteiger partial charge in [0, 0.05) is 24.0 Å². The molecule has 2 N–H and O–H groups in total. The molecule has 1 aliphatic rings. The zero-order chi connectivity index (χ0) is 25.0. The van der Waals surface area contributed by atoms with Crippen molar-refractivity contribution in [1.29, 1.82) is 0 Å². The Morgan fingerprint density at radius 1 is 1.26 bits per heavy atom. The first-order chi connectivity index (χ1) is 16.3. The number of hydrogen-bond acceptors (Lipinski definition) is 4. The maximum atomic E-state index is 14.4. The SMILES string of the molecule is C=C/C1=C(\N=C/C)NCCCC/C(N=C)=C(/C(=NCc2cccc(C(C)(C)F)c2)NCCl)CC1. The fourth-order valence-corrected chi connectivity index (χ4v) is 3.95. The van der Waals surface area contributed by atoms with E-state index < -0.39 is 5.67 Å². The lowest BCUT2D eigenvalue weighted by molar-refractivity contribution is 0.221. The summed E-state index contributed by atoms with van der Waals surface area (Å²) in [4.78, 5) is 13.7. The molecule has 1 aromatic rings. The molecule has 0 aliphatic carbocycles. The summed E-state index contributed by atoms with van der Waals surface area (Å²) in [5.41, 5.74) is 3.09. The van der Waals surface area contributed by atoms with Gasteiger partial charge in [-0.15, -0.1) is 11.6 Å². The number of hydrogen-bond donors (Lipinski definition) is 2. The smallest absolute Gasteiger partial charge is 0.130 e. The Balaban J connectivity index is 2.45. The third-order valence-corrected chi connectivity index (χ3v) is 5.81. The van der Waals surface area contributed by atoms with Gasteiger partial charge in [0.05, 0.1) is 12.5 Å². The molecule has 7 heteroatoms. The number of nitrogens with one attached hydrogen (secondary N) is 2. The molecule has 0 amide bonds. The normalized spacial score (nSPS) is 21.0. The number of rotatable bonds is 8. The minimum absolute atomic E-state index is 0.210. The van der Waals surface area contributed by atoms with Gasteiger partial charge in [-0.1, -0.05) is 36.9 Å². The van der Waals surface area contributed by atoms with Gasteiger partial charge >= 0.3 is 0 Å². The molecule has 0 atom stereocenters. The number of amidine groups is 1. The fourth-order valence-electron chi connectivity index (χ4n) is 3.83. The molecule has 1 aromatic carbocycles. The monoisotopic (exact) mass is 485 g/mol. The van der Waals surface area contributed by atoms with Crippen molar-refractivity contribution in [3.05, 3.63) is 70.7 Å². The van der Waals surface area contributed by atoms with Crippen LogP contribution < -0.4 is 10.6 Å². The van der Waals surface area contributed by atoms with E-state index in [0.29, 0.717) is 30.8 Å². The number of benzene rings is 1. The highest BCUT2D eigenvalue weighted by atomic mass is 35.5. The second-order valence-electron chi connectivity index (χ2n) is 8.58. The standard InChI is InChI=1S/C27H37ClFN5/c1-6-21-14-15-23(24(30-5)13-8-9-16-32-25(21)31-7-2)26(34-19-28)33-18-20-11-10-12-22(17-20)27(3,4)29/h6-7,10-12,17,32H,1,5,8-9,13-16,18-19H2,2-4H3,(H,33,34)/b24-23-,25-21-,31-7-. The van der Waals surface area contributed by atoms with Gasteiger partial charge in [0.1, 0.15) is 17.3 Å². The molecule has 34 heavy (non-hydrogen) atoms. The predicted octanol–water partition coefficient (Wildman–Crippen LogP) is 6.57. The number of alkyl halides is 2. The van der Waals surface area contributed by atoms with Gasteiger partial charge < -0.3 is 10.6 Å². The second-order valence-corrected chi connectivity index (χ2v) is 8.85. The lowest BCUT2D eigenvalue weighted by Gasteiger charge is -2.17. The van der Waals surface area contributed by atoms with E-state index >= 15 is 0 Å². The highest BCUT2D eigenvalue weighted by Gasteiger charge is 2.19. The summed E-state index contributed by atoms with van der Waals surface area (Å²) < 4.78 is 14.4. The van der Waals surface area contributed by atoms with Gasteiger partial charge in [0.2, 0.25) is 0 Å². The first-order valence-electron chi connectivity index (χ1n) is 11.7. The van der Waals surface area contributed by atoms with Gasteiger partial charge in [0.25, 0.3) is 0 Å². The Labute approximate surface area is 208 Å². The molecule has 5 nitrogen and oxygen atoms in total. The molecule has 0 unspecified atom stereocenters. The summed E-state index contributed by atoms with van der Waals surface area (Å²) in [6.07, 6.45) is 7.76. The van der Waals surface area contributed by atoms with E-state index in [2.05, 4.69) is 33.9 Å². The van der Waals surface area contributed by atoms with Gasteiger partial charge in [-0.05, 0) is 76.3 Å².